The molecule has 0 atom stereocenters. The van der Waals surface area contributed by atoms with Gasteiger partial charge in [0, 0.05) is 24.7 Å². The first-order chi connectivity index (χ1) is 11.4. The second kappa shape index (κ2) is 8.62. The third-order valence-electron chi connectivity index (χ3n) is 4.58. The first-order valence-electron chi connectivity index (χ1n) is 8.75. The Kier molecular flexibility index (Phi) is 6.80. The maximum Gasteiger partial charge on any atom is 0.227 e. The number of hydrogen-bond donors (Lipinski definition) is 1. The minimum Gasteiger partial charge on any atom is -0.326 e. The highest BCUT2D eigenvalue weighted by Gasteiger charge is 2.28. The molecule has 1 aliphatic heterocycles. The fraction of sp³-hybridized carbons (Fsp3) is 0.611. The SMILES string of the molecule is CCCCCc1ccc(NC(=O)C2CCN(S(C)(=O)=O)CC2)cc1. The van der Waals surface area contributed by atoms with Gasteiger partial charge in [-0.1, -0.05) is 31.9 Å². The topological polar surface area (TPSA) is 66.5 Å². The second-order valence-electron chi connectivity index (χ2n) is 6.58. The molecule has 0 unspecified atom stereocenters. The molecule has 1 fully saturated rings. The van der Waals surface area contributed by atoms with Crippen molar-refractivity contribution in [2.75, 3.05) is 24.7 Å². The summed E-state index contributed by atoms with van der Waals surface area (Å²) in [5, 5.41) is 2.95. The van der Waals surface area contributed by atoms with Crippen molar-refractivity contribution in [1.82, 2.24) is 4.31 Å². The molecule has 0 aliphatic carbocycles. The molecule has 6 heteroatoms. The fourth-order valence-corrected chi connectivity index (χ4v) is 3.90. The van der Waals surface area contributed by atoms with Gasteiger partial charge in [-0.3, -0.25) is 4.79 Å². The first-order valence-corrected chi connectivity index (χ1v) is 10.6. The molecule has 134 valence electrons. The monoisotopic (exact) mass is 352 g/mol. The van der Waals surface area contributed by atoms with Crippen LogP contribution < -0.4 is 5.32 Å². The van der Waals surface area contributed by atoms with Crippen LogP contribution >= 0.6 is 0 Å². The van der Waals surface area contributed by atoms with Crippen molar-refractivity contribution in [3.8, 4) is 0 Å². The van der Waals surface area contributed by atoms with Crippen molar-refractivity contribution >= 4 is 21.6 Å². The van der Waals surface area contributed by atoms with Gasteiger partial charge < -0.3 is 5.32 Å². The van der Waals surface area contributed by atoms with Crippen LogP contribution in [0.15, 0.2) is 24.3 Å². The molecule has 5 nitrogen and oxygen atoms in total. The largest absolute Gasteiger partial charge is 0.326 e. The van der Waals surface area contributed by atoms with E-state index in [2.05, 4.69) is 24.4 Å². The average molecular weight is 353 g/mol. The van der Waals surface area contributed by atoms with Crippen LogP contribution in [0.2, 0.25) is 0 Å². The van der Waals surface area contributed by atoms with Gasteiger partial charge in [-0.15, -0.1) is 0 Å². The predicted molar refractivity (Wildman–Crippen MR) is 97.4 cm³/mol. The van der Waals surface area contributed by atoms with Crippen LogP contribution in [0.3, 0.4) is 0 Å². The van der Waals surface area contributed by atoms with Crippen LogP contribution in [-0.2, 0) is 21.2 Å². The number of rotatable bonds is 7. The van der Waals surface area contributed by atoms with Crippen molar-refractivity contribution in [3.05, 3.63) is 29.8 Å². The Labute approximate surface area is 145 Å². The van der Waals surface area contributed by atoms with Crippen LogP contribution in [0.1, 0.15) is 44.6 Å². The van der Waals surface area contributed by atoms with Crippen LogP contribution in [0, 0.1) is 5.92 Å². The summed E-state index contributed by atoms with van der Waals surface area (Å²) >= 11 is 0. The standard InChI is InChI=1S/C18H28N2O3S/c1-3-4-5-6-15-7-9-17(10-8-15)19-18(21)16-11-13-20(14-12-16)24(2,22)23/h7-10,16H,3-6,11-14H2,1-2H3,(H,19,21). The Balaban J connectivity index is 1.82. The molecular formula is C18H28N2O3S. The number of aryl methyl sites for hydroxylation is 1. The number of carbonyl (C=O) groups excluding carboxylic acids is 1. The summed E-state index contributed by atoms with van der Waals surface area (Å²) in [5.74, 6) is -0.130. The number of benzene rings is 1. The van der Waals surface area contributed by atoms with Gasteiger partial charge in [0.1, 0.15) is 0 Å². The van der Waals surface area contributed by atoms with E-state index in [0.717, 1.165) is 12.1 Å². The van der Waals surface area contributed by atoms with Gasteiger partial charge in [0.25, 0.3) is 0 Å². The highest BCUT2D eigenvalue weighted by Crippen LogP contribution is 2.21. The maximum atomic E-state index is 12.3. The zero-order chi connectivity index (χ0) is 17.6. The molecule has 24 heavy (non-hydrogen) atoms. The molecule has 0 radical (unpaired) electrons. The molecule has 1 amide bonds. The van der Waals surface area contributed by atoms with E-state index >= 15 is 0 Å². The number of carbonyl (C=O) groups is 1. The zero-order valence-corrected chi connectivity index (χ0v) is 15.4. The molecule has 1 saturated heterocycles. The third kappa shape index (κ3) is 5.60. The van der Waals surface area contributed by atoms with Gasteiger partial charge in [0.15, 0.2) is 0 Å². The molecule has 1 aliphatic rings. The molecule has 0 saturated carbocycles. The molecule has 0 aromatic heterocycles. The summed E-state index contributed by atoms with van der Waals surface area (Å²) in [4.78, 5) is 12.3. The van der Waals surface area contributed by atoms with Crippen LogP contribution in [0.5, 0.6) is 0 Å². The summed E-state index contributed by atoms with van der Waals surface area (Å²) in [7, 11) is -3.15. The Hall–Kier alpha value is -1.40. The minimum atomic E-state index is -3.15. The normalized spacial score (nSPS) is 16.9. The Morgan fingerprint density at radius 2 is 1.79 bits per heavy atom. The van der Waals surface area contributed by atoms with Crippen LogP contribution in [-0.4, -0.2) is 38.0 Å². The lowest BCUT2D eigenvalue weighted by molar-refractivity contribution is -0.120. The number of hydrogen-bond acceptors (Lipinski definition) is 3. The lowest BCUT2D eigenvalue weighted by Gasteiger charge is -2.29. The van der Waals surface area contributed by atoms with Crippen LogP contribution in [0.25, 0.3) is 0 Å². The Bertz CT molecular complexity index is 633. The predicted octanol–water partition coefficient (Wildman–Crippen LogP) is 3.03. The van der Waals surface area contributed by atoms with Crippen molar-refractivity contribution < 1.29 is 13.2 Å². The summed E-state index contributed by atoms with van der Waals surface area (Å²) in [6.07, 6.45) is 7.10. The summed E-state index contributed by atoms with van der Waals surface area (Å²) in [5.41, 5.74) is 2.10. The highest BCUT2D eigenvalue weighted by atomic mass is 32.2. The van der Waals surface area contributed by atoms with Crippen molar-refractivity contribution in [2.24, 2.45) is 5.92 Å². The van der Waals surface area contributed by atoms with Gasteiger partial charge in [-0.2, -0.15) is 0 Å². The lowest BCUT2D eigenvalue weighted by atomic mass is 9.97. The number of anilines is 1. The average Bonchev–Trinajstić information content (AvgIpc) is 2.56. The summed E-state index contributed by atoms with van der Waals surface area (Å²) in [6, 6.07) is 8.03. The third-order valence-corrected chi connectivity index (χ3v) is 5.89. The Morgan fingerprint density at radius 3 is 2.33 bits per heavy atom. The summed E-state index contributed by atoms with van der Waals surface area (Å²) in [6.45, 7) is 3.04. The van der Waals surface area contributed by atoms with Gasteiger partial charge in [0.05, 0.1) is 6.26 Å². The summed E-state index contributed by atoms with van der Waals surface area (Å²) < 4.78 is 24.5. The molecule has 2 rings (SSSR count). The second-order valence-corrected chi connectivity index (χ2v) is 8.56. The first kappa shape index (κ1) is 18.9. The van der Waals surface area contributed by atoms with Gasteiger partial charge in [-0.05, 0) is 43.4 Å². The van der Waals surface area contributed by atoms with Crippen molar-refractivity contribution in [3.63, 3.8) is 0 Å². The smallest absolute Gasteiger partial charge is 0.227 e. The van der Waals surface area contributed by atoms with Gasteiger partial charge in [-0.25, -0.2) is 12.7 Å². The minimum absolute atomic E-state index is 0.0121. The van der Waals surface area contributed by atoms with Crippen molar-refractivity contribution in [2.45, 2.75) is 45.4 Å². The number of sulfonamides is 1. The molecule has 1 N–H and O–H groups in total. The quantitative estimate of drug-likeness (QED) is 0.767. The molecule has 1 heterocycles. The number of piperidine rings is 1. The number of amides is 1. The molecule has 1 aromatic rings. The van der Waals surface area contributed by atoms with E-state index in [1.165, 1.54) is 35.4 Å². The Morgan fingerprint density at radius 1 is 1.17 bits per heavy atom. The van der Waals surface area contributed by atoms with Crippen LogP contribution in [0.4, 0.5) is 5.69 Å². The molecular weight excluding hydrogens is 324 g/mol. The molecule has 1 aromatic carbocycles. The van der Waals surface area contributed by atoms with E-state index in [9.17, 15) is 13.2 Å². The molecule has 0 bridgehead atoms. The van der Waals surface area contributed by atoms with E-state index in [-0.39, 0.29) is 11.8 Å². The van der Waals surface area contributed by atoms with E-state index in [1.54, 1.807) is 0 Å². The van der Waals surface area contributed by atoms with Gasteiger partial charge >= 0.3 is 0 Å². The van der Waals surface area contributed by atoms with E-state index in [0.29, 0.717) is 25.9 Å². The lowest BCUT2D eigenvalue weighted by Crippen LogP contribution is -2.40. The number of nitrogens with zero attached hydrogens (tertiary/aromatic N) is 1. The van der Waals surface area contributed by atoms with Gasteiger partial charge in [0.2, 0.25) is 15.9 Å². The fourth-order valence-electron chi connectivity index (χ4n) is 3.03. The zero-order valence-electron chi connectivity index (χ0n) is 14.6. The number of nitrogens with one attached hydrogen (secondary N) is 1. The highest BCUT2D eigenvalue weighted by molar-refractivity contribution is 7.88. The maximum absolute atomic E-state index is 12.3. The molecule has 0 spiro atoms. The van der Waals surface area contributed by atoms with Crippen molar-refractivity contribution in [1.29, 1.82) is 0 Å². The van der Waals surface area contributed by atoms with E-state index in [1.807, 2.05) is 12.1 Å². The number of unbranched alkanes of at least 4 members (excludes halogenated alkanes) is 2. The van der Waals surface area contributed by atoms with E-state index in [4.69, 9.17) is 0 Å². The van der Waals surface area contributed by atoms with E-state index < -0.39 is 10.0 Å².